The van der Waals surface area contributed by atoms with Crippen molar-refractivity contribution < 1.29 is 9.15 Å². The van der Waals surface area contributed by atoms with Crippen LogP contribution in [0.2, 0.25) is 0 Å². The Morgan fingerprint density at radius 2 is 1.80 bits per heavy atom. The maximum atomic E-state index is 6.29. The van der Waals surface area contributed by atoms with Crippen LogP contribution >= 0.6 is 0 Å². The van der Waals surface area contributed by atoms with E-state index in [1.807, 2.05) is 6.07 Å². The van der Waals surface area contributed by atoms with Gasteiger partial charge in [0.25, 0.3) is 0 Å². The molecule has 126 valence electrons. The molecule has 2 aliphatic rings. The van der Waals surface area contributed by atoms with E-state index in [2.05, 4.69) is 60.4 Å². The summed E-state index contributed by atoms with van der Waals surface area (Å²) >= 11 is 0. The van der Waals surface area contributed by atoms with Crippen LogP contribution in [-0.4, -0.2) is 19.8 Å². The van der Waals surface area contributed by atoms with Gasteiger partial charge in [-0.1, -0.05) is 48.5 Å². The minimum absolute atomic E-state index is 0.208. The number of anilines is 1. The lowest BCUT2D eigenvalue weighted by Gasteiger charge is -2.37. The first kappa shape index (κ1) is 14.8. The Balaban J connectivity index is 1.75. The number of benzene rings is 2. The van der Waals surface area contributed by atoms with Crippen molar-refractivity contribution in [2.45, 2.75) is 19.4 Å². The lowest BCUT2D eigenvalue weighted by molar-refractivity contribution is 0.0942. The molecule has 0 aliphatic carbocycles. The SMILES string of the molecule is Cc1oc(-c2ccccc2)c2c1Cc1ccccc1N1CCOCC21. The van der Waals surface area contributed by atoms with E-state index in [0.29, 0.717) is 6.61 Å². The van der Waals surface area contributed by atoms with Gasteiger partial charge in [-0.25, -0.2) is 0 Å². The van der Waals surface area contributed by atoms with E-state index in [0.717, 1.165) is 36.7 Å². The first-order valence-electron chi connectivity index (χ1n) is 8.93. The first-order valence-corrected chi connectivity index (χ1v) is 8.93. The van der Waals surface area contributed by atoms with E-state index in [4.69, 9.17) is 9.15 Å². The molecule has 3 nitrogen and oxygen atoms in total. The van der Waals surface area contributed by atoms with Gasteiger partial charge in [0.15, 0.2) is 0 Å². The number of fused-ring (bicyclic) bond motifs is 5. The monoisotopic (exact) mass is 331 g/mol. The maximum absolute atomic E-state index is 6.29. The van der Waals surface area contributed by atoms with Crippen molar-refractivity contribution in [2.75, 3.05) is 24.7 Å². The molecule has 0 radical (unpaired) electrons. The summed E-state index contributed by atoms with van der Waals surface area (Å²) in [5, 5.41) is 0. The predicted octanol–water partition coefficient (Wildman–Crippen LogP) is 4.74. The van der Waals surface area contributed by atoms with Crippen molar-refractivity contribution in [3.8, 4) is 11.3 Å². The van der Waals surface area contributed by atoms with Gasteiger partial charge in [-0.15, -0.1) is 0 Å². The lowest BCUT2D eigenvalue weighted by Crippen LogP contribution is -2.39. The minimum Gasteiger partial charge on any atom is -0.461 e. The highest BCUT2D eigenvalue weighted by atomic mass is 16.5. The van der Waals surface area contributed by atoms with E-state index in [1.54, 1.807) is 0 Å². The molecule has 1 fully saturated rings. The summed E-state index contributed by atoms with van der Waals surface area (Å²) in [7, 11) is 0. The highest BCUT2D eigenvalue weighted by Crippen LogP contribution is 2.45. The van der Waals surface area contributed by atoms with Crippen molar-refractivity contribution in [1.29, 1.82) is 0 Å². The molecule has 25 heavy (non-hydrogen) atoms. The van der Waals surface area contributed by atoms with Crippen molar-refractivity contribution in [1.82, 2.24) is 0 Å². The zero-order valence-corrected chi connectivity index (χ0v) is 14.4. The first-order chi connectivity index (χ1) is 12.3. The number of hydrogen-bond donors (Lipinski definition) is 0. The van der Waals surface area contributed by atoms with Gasteiger partial charge in [-0.05, 0) is 18.6 Å². The van der Waals surface area contributed by atoms with Crippen LogP contribution in [-0.2, 0) is 11.2 Å². The second kappa shape index (κ2) is 5.78. The van der Waals surface area contributed by atoms with Gasteiger partial charge >= 0.3 is 0 Å². The number of ether oxygens (including phenoxy) is 1. The molecule has 1 atom stereocenters. The smallest absolute Gasteiger partial charge is 0.139 e. The Morgan fingerprint density at radius 3 is 2.68 bits per heavy atom. The topological polar surface area (TPSA) is 25.6 Å². The molecular formula is C22H21NO2. The molecule has 1 aromatic heterocycles. The van der Waals surface area contributed by atoms with E-state index in [-0.39, 0.29) is 6.04 Å². The zero-order chi connectivity index (χ0) is 16.8. The maximum Gasteiger partial charge on any atom is 0.139 e. The van der Waals surface area contributed by atoms with Gasteiger partial charge in [0.1, 0.15) is 11.5 Å². The van der Waals surface area contributed by atoms with Crippen molar-refractivity contribution >= 4 is 5.69 Å². The molecule has 0 bridgehead atoms. The number of para-hydroxylation sites is 1. The van der Waals surface area contributed by atoms with Crippen LogP contribution in [0.1, 0.15) is 28.5 Å². The Kier molecular flexibility index (Phi) is 3.42. The molecule has 5 rings (SSSR count). The Morgan fingerprint density at radius 1 is 1.00 bits per heavy atom. The molecule has 1 saturated heterocycles. The average Bonchev–Trinajstić information content (AvgIpc) is 2.91. The number of rotatable bonds is 1. The molecule has 2 aliphatic heterocycles. The fraction of sp³-hybridized carbons (Fsp3) is 0.273. The normalized spacial score (nSPS) is 18.9. The average molecular weight is 331 g/mol. The Labute approximate surface area is 147 Å². The number of hydrogen-bond acceptors (Lipinski definition) is 3. The molecule has 0 amide bonds. The van der Waals surface area contributed by atoms with Gasteiger partial charge in [-0.3, -0.25) is 0 Å². The van der Waals surface area contributed by atoms with Crippen molar-refractivity contribution in [2.24, 2.45) is 0 Å². The van der Waals surface area contributed by atoms with Gasteiger partial charge < -0.3 is 14.1 Å². The molecule has 2 aromatic carbocycles. The van der Waals surface area contributed by atoms with Gasteiger partial charge in [-0.2, -0.15) is 0 Å². The second-order valence-corrected chi connectivity index (χ2v) is 6.84. The second-order valence-electron chi connectivity index (χ2n) is 6.84. The highest BCUT2D eigenvalue weighted by molar-refractivity contribution is 5.70. The van der Waals surface area contributed by atoms with E-state index >= 15 is 0 Å². The van der Waals surface area contributed by atoms with Crippen LogP contribution in [0.4, 0.5) is 5.69 Å². The van der Waals surface area contributed by atoms with Crippen molar-refractivity contribution in [3.05, 3.63) is 77.0 Å². The molecule has 0 saturated carbocycles. The molecule has 3 aromatic rings. The summed E-state index contributed by atoms with van der Waals surface area (Å²) in [5.74, 6) is 2.03. The zero-order valence-electron chi connectivity index (χ0n) is 14.4. The molecule has 1 unspecified atom stereocenters. The van der Waals surface area contributed by atoms with Crippen LogP contribution in [0.3, 0.4) is 0 Å². The van der Waals surface area contributed by atoms with E-state index in [9.17, 15) is 0 Å². The van der Waals surface area contributed by atoms with Gasteiger partial charge in [0.05, 0.1) is 19.3 Å². The van der Waals surface area contributed by atoms with E-state index < -0.39 is 0 Å². The van der Waals surface area contributed by atoms with Crippen LogP contribution < -0.4 is 4.90 Å². The van der Waals surface area contributed by atoms with Gasteiger partial charge in [0.2, 0.25) is 0 Å². The Bertz CT molecular complexity index is 913. The number of nitrogens with zero attached hydrogens (tertiary/aromatic N) is 1. The van der Waals surface area contributed by atoms with Gasteiger partial charge in [0, 0.05) is 35.3 Å². The van der Waals surface area contributed by atoms with Crippen LogP contribution in [0.5, 0.6) is 0 Å². The summed E-state index contributed by atoms with van der Waals surface area (Å²) in [6, 6.07) is 19.4. The minimum atomic E-state index is 0.208. The number of aryl methyl sites for hydroxylation is 1. The summed E-state index contributed by atoms with van der Waals surface area (Å²) in [6.45, 7) is 4.49. The summed E-state index contributed by atoms with van der Waals surface area (Å²) in [6.07, 6.45) is 0.917. The summed E-state index contributed by atoms with van der Waals surface area (Å²) in [5.41, 5.74) is 6.48. The van der Waals surface area contributed by atoms with Crippen LogP contribution in [0, 0.1) is 6.92 Å². The summed E-state index contributed by atoms with van der Waals surface area (Å²) in [4.78, 5) is 2.51. The van der Waals surface area contributed by atoms with E-state index in [1.165, 1.54) is 22.4 Å². The quantitative estimate of drug-likeness (QED) is 0.644. The number of furan rings is 1. The molecule has 0 spiro atoms. The third-order valence-corrected chi connectivity index (χ3v) is 5.42. The third kappa shape index (κ3) is 2.30. The molecule has 0 N–H and O–H groups in total. The fourth-order valence-electron chi connectivity index (χ4n) is 4.23. The summed E-state index contributed by atoms with van der Waals surface area (Å²) < 4.78 is 12.2. The number of morpholine rings is 1. The molecular weight excluding hydrogens is 310 g/mol. The van der Waals surface area contributed by atoms with Crippen LogP contribution in [0.25, 0.3) is 11.3 Å². The predicted molar refractivity (Wildman–Crippen MR) is 99.0 cm³/mol. The van der Waals surface area contributed by atoms with Crippen molar-refractivity contribution in [3.63, 3.8) is 0 Å². The van der Waals surface area contributed by atoms with Crippen LogP contribution in [0.15, 0.2) is 59.0 Å². The lowest BCUT2D eigenvalue weighted by atomic mass is 9.95. The highest BCUT2D eigenvalue weighted by Gasteiger charge is 2.36. The molecule has 3 heteroatoms. The Hall–Kier alpha value is -2.52. The third-order valence-electron chi connectivity index (χ3n) is 5.42. The standard InChI is InChI=1S/C22H21NO2/c1-15-18-13-17-9-5-6-10-19(17)23-11-12-24-14-20(23)21(18)22(25-15)16-7-3-2-4-8-16/h2-10,20H,11-14H2,1H3. The largest absolute Gasteiger partial charge is 0.461 e. The molecule has 3 heterocycles. The fourth-order valence-corrected chi connectivity index (χ4v) is 4.23.